The molecule has 0 saturated heterocycles. The Labute approximate surface area is 110 Å². The number of ether oxygens (including phenoxy) is 1. The Kier molecular flexibility index (Phi) is 4.62. The summed E-state index contributed by atoms with van der Waals surface area (Å²) in [4.78, 5) is 12.3. The van der Waals surface area contributed by atoms with E-state index in [1.54, 1.807) is 0 Å². The van der Waals surface area contributed by atoms with E-state index >= 15 is 0 Å². The van der Waals surface area contributed by atoms with E-state index in [4.69, 9.17) is 21.9 Å². The van der Waals surface area contributed by atoms with Gasteiger partial charge in [0.25, 0.3) is 5.97 Å². The van der Waals surface area contributed by atoms with Gasteiger partial charge in [0.2, 0.25) is 0 Å². The highest BCUT2D eigenvalue weighted by atomic mass is 16.6. The lowest BCUT2D eigenvalue weighted by Gasteiger charge is -2.44. The fourth-order valence-electron chi connectivity index (χ4n) is 1.98. The molecule has 0 aliphatic rings. The molecule has 0 aromatic heterocycles. The van der Waals surface area contributed by atoms with Crippen LogP contribution in [0.1, 0.15) is 54.9 Å². The van der Waals surface area contributed by atoms with E-state index in [0.717, 1.165) is 0 Å². The first kappa shape index (κ1) is 17.4. The van der Waals surface area contributed by atoms with E-state index in [9.17, 15) is 4.79 Å². The molecule has 5 heteroatoms. The summed E-state index contributed by atoms with van der Waals surface area (Å²) in [5.41, 5.74) is 15.0. The van der Waals surface area contributed by atoms with Crippen LogP contribution in [0, 0.1) is 16.2 Å². The van der Waals surface area contributed by atoms with Crippen LogP contribution < -0.4 is 17.2 Å². The minimum Gasteiger partial charge on any atom is -0.416 e. The second kappa shape index (κ2) is 4.79. The summed E-state index contributed by atoms with van der Waals surface area (Å²) in [6.07, 6.45) is 0.651. The van der Waals surface area contributed by atoms with Crippen molar-refractivity contribution in [3.63, 3.8) is 0 Å². The van der Waals surface area contributed by atoms with Crippen LogP contribution in [0.25, 0.3) is 0 Å². The Hall–Kier alpha value is -0.650. The maximum atomic E-state index is 12.3. The Balaban J connectivity index is 5.31. The summed E-state index contributed by atoms with van der Waals surface area (Å²) in [5, 5.41) is 0. The Bertz CT molecular complexity index is 308. The first-order valence-corrected chi connectivity index (χ1v) is 6.19. The Morgan fingerprint density at radius 3 is 1.56 bits per heavy atom. The SMILES string of the molecule is CC(C)(C)CC(C)(C(=O)OC(N)(N)N)C(C)(C)C. The number of carbonyl (C=O) groups is 1. The van der Waals surface area contributed by atoms with Crippen LogP contribution in [0.15, 0.2) is 0 Å². The second-order valence-corrected chi connectivity index (χ2v) is 7.56. The molecule has 1 atom stereocenters. The number of hydrogen-bond acceptors (Lipinski definition) is 5. The van der Waals surface area contributed by atoms with Crippen molar-refractivity contribution in [3.8, 4) is 0 Å². The molecular formula is C13H29N3O2. The summed E-state index contributed by atoms with van der Waals surface area (Å²) in [6, 6.07) is 0. The van der Waals surface area contributed by atoms with Crippen molar-refractivity contribution in [2.24, 2.45) is 33.4 Å². The average Bonchev–Trinajstić information content (AvgIpc) is 1.94. The molecule has 0 amide bonds. The highest BCUT2D eigenvalue weighted by molar-refractivity contribution is 5.77. The highest BCUT2D eigenvalue weighted by Crippen LogP contribution is 2.47. The van der Waals surface area contributed by atoms with Crippen LogP contribution in [0.5, 0.6) is 0 Å². The minimum atomic E-state index is -1.93. The van der Waals surface area contributed by atoms with Gasteiger partial charge in [-0.3, -0.25) is 22.0 Å². The van der Waals surface area contributed by atoms with Gasteiger partial charge in [-0.25, -0.2) is 0 Å². The molecule has 5 nitrogen and oxygen atoms in total. The summed E-state index contributed by atoms with van der Waals surface area (Å²) in [7, 11) is 0. The van der Waals surface area contributed by atoms with Crippen molar-refractivity contribution in [1.82, 2.24) is 0 Å². The molecule has 0 spiro atoms. The first-order valence-electron chi connectivity index (χ1n) is 6.19. The van der Waals surface area contributed by atoms with E-state index in [1.165, 1.54) is 0 Å². The van der Waals surface area contributed by atoms with Crippen LogP contribution in [0.4, 0.5) is 0 Å². The predicted molar refractivity (Wildman–Crippen MR) is 73.0 cm³/mol. The third-order valence-corrected chi connectivity index (χ3v) is 3.26. The van der Waals surface area contributed by atoms with Crippen LogP contribution in [0.2, 0.25) is 0 Å². The molecule has 0 bridgehead atoms. The van der Waals surface area contributed by atoms with Gasteiger partial charge in [0.15, 0.2) is 0 Å². The Morgan fingerprint density at radius 1 is 0.944 bits per heavy atom. The molecule has 18 heavy (non-hydrogen) atoms. The molecule has 0 aliphatic carbocycles. The zero-order valence-electron chi connectivity index (χ0n) is 12.8. The molecule has 6 N–H and O–H groups in total. The largest absolute Gasteiger partial charge is 0.416 e. The number of esters is 1. The fraction of sp³-hybridized carbons (Fsp3) is 0.923. The highest BCUT2D eigenvalue weighted by Gasteiger charge is 2.48. The van der Waals surface area contributed by atoms with Gasteiger partial charge in [0, 0.05) is 0 Å². The molecule has 0 radical (unpaired) electrons. The minimum absolute atomic E-state index is 0.0263. The molecule has 1 unspecified atom stereocenters. The predicted octanol–water partition coefficient (Wildman–Crippen LogP) is 1.51. The van der Waals surface area contributed by atoms with E-state index in [1.807, 2.05) is 27.7 Å². The topological polar surface area (TPSA) is 104 Å². The van der Waals surface area contributed by atoms with Gasteiger partial charge in [-0.05, 0) is 24.2 Å². The molecule has 0 rings (SSSR count). The van der Waals surface area contributed by atoms with Crippen LogP contribution in [0.3, 0.4) is 0 Å². The van der Waals surface area contributed by atoms with Crippen LogP contribution in [-0.2, 0) is 9.53 Å². The van der Waals surface area contributed by atoms with Crippen molar-refractivity contribution in [3.05, 3.63) is 0 Å². The van der Waals surface area contributed by atoms with E-state index in [-0.39, 0.29) is 10.8 Å². The van der Waals surface area contributed by atoms with Crippen molar-refractivity contribution >= 4 is 5.97 Å². The molecule has 0 fully saturated rings. The van der Waals surface area contributed by atoms with Gasteiger partial charge in [-0.15, -0.1) is 0 Å². The molecule has 0 aliphatic heterocycles. The summed E-state index contributed by atoms with van der Waals surface area (Å²) >= 11 is 0. The lowest BCUT2D eigenvalue weighted by Crippen LogP contribution is -2.63. The molecule has 0 aromatic rings. The zero-order chi connectivity index (χ0) is 15.0. The van der Waals surface area contributed by atoms with Gasteiger partial charge in [-0.2, -0.15) is 0 Å². The molecule has 0 heterocycles. The number of rotatable bonds is 3. The fourth-order valence-corrected chi connectivity index (χ4v) is 1.98. The number of nitrogens with two attached hydrogens (primary N) is 3. The van der Waals surface area contributed by atoms with E-state index in [2.05, 4.69) is 20.8 Å². The molecule has 0 saturated carbocycles. The van der Waals surface area contributed by atoms with Gasteiger partial charge < -0.3 is 4.74 Å². The maximum Gasteiger partial charge on any atom is 0.316 e. The standard InChI is InChI=1S/C13H29N3O2/c1-10(2,3)8-12(7,11(4,5)6)9(17)18-13(14,15)16/h8,14-16H2,1-7H3. The maximum absolute atomic E-state index is 12.3. The van der Waals surface area contributed by atoms with E-state index in [0.29, 0.717) is 6.42 Å². The van der Waals surface area contributed by atoms with E-state index < -0.39 is 17.4 Å². The number of carbonyl (C=O) groups excluding carboxylic acids is 1. The van der Waals surface area contributed by atoms with Gasteiger partial charge in [0.1, 0.15) is 0 Å². The van der Waals surface area contributed by atoms with Crippen LogP contribution >= 0.6 is 0 Å². The first-order chi connectivity index (χ1) is 7.58. The van der Waals surface area contributed by atoms with Crippen molar-refractivity contribution in [1.29, 1.82) is 0 Å². The molecular weight excluding hydrogens is 230 g/mol. The summed E-state index contributed by atoms with van der Waals surface area (Å²) in [6.45, 7) is 14.1. The summed E-state index contributed by atoms with van der Waals surface area (Å²) in [5.74, 6) is -2.39. The lowest BCUT2D eigenvalue weighted by atomic mass is 9.61. The smallest absolute Gasteiger partial charge is 0.316 e. The second-order valence-electron chi connectivity index (χ2n) is 7.56. The lowest BCUT2D eigenvalue weighted by molar-refractivity contribution is -0.180. The zero-order valence-corrected chi connectivity index (χ0v) is 12.8. The normalized spacial score (nSPS) is 17.2. The van der Waals surface area contributed by atoms with Gasteiger partial charge in [-0.1, -0.05) is 41.5 Å². The number of hydrogen-bond donors (Lipinski definition) is 3. The summed E-state index contributed by atoms with van der Waals surface area (Å²) < 4.78 is 4.97. The average molecular weight is 259 g/mol. The van der Waals surface area contributed by atoms with Crippen molar-refractivity contribution < 1.29 is 9.53 Å². The monoisotopic (exact) mass is 259 g/mol. The third-order valence-electron chi connectivity index (χ3n) is 3.26. The van der Waals surface area contributed by atoms with Crippen molar-refractivity contribution in [2.75, 3.05) is 0 Å². The van der Waals surface area contributed by atoms with Crippen LogP contribution in [-0.4, -0.2) is 11.9 Å². The molecule has 0 aromatic carbocycles. The molecule has 108 valence electrons. The van der Waals surface area contributed by atoms with Crippen molar-refractivity contribution in [2.45, 2.75) is 60.9 Å². The van der Waals surface area contributed by atoms with Gasteiger partial charge in [0.05, 0.1) is 5.41 Å². The quantitative estimate of drug-likeness (QED) is 0.526. The third kappa shape index (κ3) is 4.92. The van der Waals surface area contributed by atoms with Gasteiger partial charge >= 0.3 is 5.97 Å². The Morgan fingerprint density at radius 2 is 1.33 bits per heavy atom.